The number of hydrogen-bond acceptors (Lipinski definition) is 5. The number of pyridine rings is 1. The summed E-state index contributed by atoms with van der Waals surface area (Å²) < 4.78 is 11.3. The van der Waals surface area contributed by atoms with Crippen molar-refractivity contribution in [1.82, 2.24) is 15.2 Å². The van der Waals surface area contributed by atoms with Crippen LogP contribution in [0.1, 0.15) is 11.1 Å². The Bertz CT molecular complexity index is 837. The molecule has 0 spiro atoms. The first-order chi connectivity index (χ1) is 15.3. The van der Waals surface area contributed by atoms with Gasteiger partial charge in [-0.05, 0) is 36.6 Å². The topological polar surface area (TPSA) is 62.2 Å². The van der Waals surface area contributed by atoms with Crippen LogP contribution in [0.3, 0.4) is 0 Å². The minimum Gasteiger partial charge on any atom is -0.376 e. The number of aryl methyl sites for hydroxylation is 1. The van der Waals surface area contributed by atoms with E-state index in [1.807, 2.05) is 12.3 Å². The second kappa shape index (κ2) is 12.8. The molecule has 3 heterocycles. The fourth-order valence-corrected chi connectivity index (χ4v) is 3.90. The molecule has 0 amide bonds. The fraction of sp³-hybridized carbons (Fsp3) is 0.500. The van der Waals surface area contributed by atoms with E-state index in [-0.39, 0.29) is 23.1 Å². The lowest BCUT2D eigenvalue weighted by atomic mass is 10.1. The summed E-state index contributed by atoms with van der Waals surface area (Å²) in [6.07, 6.45) is 2.90. The van der Waals surface area contributed by atoms with Gasteiger partial charge < -0.3 is 24.6 Å². The summed E-state index contributed by atoms with van der Waals surface area (Å²) in [7, 11) is 0. The number of aliphatic imine (C=N–C) groups is 1. The highest BCUT2D eigenvalue weighted by molar-refractivity contribution is 8.93. The van der Waals surface area contributed by atoms with Gasteiger partial charge in [0.25, 0.3) is 0 Å². The average Bonchev–Trinajstić information content (AvgIpc) is 2.83. The van der Waals surface area contributed by atoms with Crippen LogP contribution in [-0.4, -0.2) is 81.0 Å². The lowest BCUT2D eigenvalue weighted by Gasteiger charge is -2.37. The molecule has 2 saturated heterocycles. The second-order valence-electron chi connectivity index (χ2n) is 8.06. The van der Waals surface area contributed by atoms with Crippen molar-refractivity contribution >= 4 is 28.8 Å². The zero-order valence-electron chi connectivity index (χ0n) is 18.8. The predicted octanol–water partition coefficient (Wildman–Crippen LogP) is 2.69. The van der Waals surface area contributed by atoms with Gasteiger partial charge in [0.05, 0.1) is 26.4 Å². The standard InChI is InChI=1S/C24H33N5O2.BrH/c1-20-7-9-25-23(17-20)28-11-13-29(14-12-28)24(27-18-22-19-30-15-16-31-22)26-10-8-21-5-3-2-4-6-21;/h2-7,9,17,22H,8,10-16,18-19H2,1H3,(H,26,27);1H/t22-;/m0./s1. The van der Waals surface area contributed by atoms with E-state index in [1.54, 1.807) is 0 Å². The van der Waals surface area contributed by atoms with E-state index in [0.29, 0.717) is 26.4 Å². The highest BCUT2D eigenvalue weighted by Gasteiger charge is 2.22. The Morgan fingerprint density at radius 1 is 1.12 bits per heavy atom. The van der Waals surface area contributed by atoms with Crippen LogP contribution in [0, 0.1) is 6.92 Å². The summed E-state index contributed by atoms with van der Waals surface area (Å²) in [4.78, 5) is 14.1. The third-order valence-electron chi connectivity index (χ3n) is 5.67. The Morgan fingerprint density at radius 2 is 1.94 bits per heavy atom. The monoisotopic (exact) mass is 503 g/mol. The molecule has 0 radical (unpaired) electrons. The molecule has 174 valence electrons. The van der Waals surface area contributed by atoms with Crippen molar-refractivity contribution in [2.75, 3.05) is 64.0 Å². The number of anilines is 1. The van der Waals surface area contributed by atoms with Crippen molar-refractivity contribution in [1.29, 1.82) is 0 Å². The zero-order valence-corrected chi connectivity index (χ0v) is 20.5. The molecule has 7 nitrogen and oxygen atoms in total. The van der Waals surface area contributed by atoms with Gasteiger partial charge in [0.15, 0.2) is 5.96 Å². The van der Waals surface area contributed by atoms with Crippen LogP contribution in [0.25, 0.3) is 0 Å². The Balaban J connectivity index is 0.00000289. The van der Waals surface area contributed by atoms with E-state index in [1.165, 1.54) is 11.1 Å². The number of benzene rings is 1. The van der Waals surface area contributed by atoms with Crippen molar-refractivity contribution in [3.05, 3.63) is 59.8 Å². The van der Waals surface area contributed by atoms with E-state index >= 15 is 0 Å². The fourth-order valence-electron chi connectivity index (χ4n) is 3.90. The van der Waals surface area contributed by atoms with E-state index in [4.69, 9.17) is 14.5 Å². The van der Waals surface area contributed by atoms with Crippen molar-refractivity contribution in [2.45, 2.75) is 19.4 Å². The molecule has 2 fully saturated rings. The lowest BCUT2D eigenvalue weighted by molar-refractivity contribution is -0.0833. The molecule has 2 aromatic rings. The molecule has 8 heteroatoms. The molecule has 0 bridgehead atoms. The van der Waals surface area contributed by atoms with Gasteiger partial charge in [-0.1, -0.05) is 30.3 Å². The van der Waals surface area contributed by atoms with Crippen molar-refractivity contribution in [2.24, 2.45) is 4.99 Å². The highest BCUT2D eigenvalue weighted by Crippen LogP contribution is 2.15. The molecular formula is C24H34BrN5O2. The number of guanidine groups is 1. The first kappa shape index (κ1) is 24.5. The van der Waals surface area contributed by atoms with Crippen molar-refractivity contribution in [3.63, 3.8) is 0 Å². The molecule has 0 aliphatic carbocycles. The van der Waals surface area contributed by atoms with Gasteiger partial charge in [-0.2, -0.15) is 0 Å². The van der Waals surface area contributed by atoms with E-state index in [0.717, 1.165) is 50.9 Å². The number of halogens is 1. The Hall–Kier alpha value is -2.16. The molecule has 4 rings (SSSR count). The van der Waals surface area contributed by atoms with Gasteiger partial charge in [0.2, 0.25) is 0 Å². The summed E-state index contributed by atoms with van der Waals surface area (Å²) in [6, 6.07) is 14.8. The SMILES string of the molecule is Br.Cc1ccnc(N2CCN(C(=NC[C@H]3COCCO3)NCCc3ccccc3)CC2)c1. The maximum atomic E-state index is 5.78. The summed E-state index contributed by atoms with van der Waals surface area (Å²) in [6.45, 7) is 9.21. The minimum absolute atomic E-state index is 0. The second-order valence-corrected chi connectivity index (χ2v) is 8.06. The molecular weight excluding hydrogens is 470 g/mol. The Kier molecular flexibility index (Phi) is 9.77. The molecule has 1 N–H and O–H groups in total. The molecule has 32 heavy (non-hydrogen) atoms. The number of hydrogen-bond donors (Lipinski definition) is 1. The largest absolute Gasteiger partial charge is 0.376 e. The van der Waals surface area contributed by atoms with E-state index in [2.05, 4.69) is 63.4 Å². The third-order valence-corrected chi connectivity index (χ3v) is 5.67. The van der Waals surface area contributed by atoms with Crippen LogP contribution in [0.5, 0.6) is 0 Å². The maximum absolute atomic E-state index is 5.78. The normalized spacial score (nSPS) is 19.4. The number of rotatable bonds is 6. The number of aromatic nitrogens is 1. The van der Waals surface area contributed by atoms with Gasteiger partial charge in [0, 0.05) is 38.9 Å². The predicted molar refractivity (Wildman–Crippen MR) is 134 cm³/mol. The molecule has 0 unspecified atom stereocenters. The van der Waals surface area contributed by atoms with Gasteiger partial charge in [-0.25, -0.2) is 4.98 Å². The van der Waals surface area contributed by atoms with Gasteiger partial charge in [0.1, 0.15) is 11.9 Å². The van der Waals surface area contributed by atoms with Gasteiger partial charge in [-0.3, -0.25) is 4.99 Å². The van der Waals surface area contributed by atoms with Crippen molar-refractivity contribution in [3.8, 4) is 0 Å². The van der Waals surface area contributed by atoms with Crippen molar-refractivity contribution < 1.29 is 9.47 Å². The molecule has 1 aromatic carbocycles. The molecule has 2 aliphatic rings. The maximum Gasteiger partial charge on any atom is 0.194 e. The smallest absolute Gasteiger partial charge is 0.194 e. The number of ether oxygens (including phenoxy) is 2. The van der Waals surface area contributed by atoms with Gasteiger partial charge in [-0.15, -0.1) is 17.0 Å². The van der Waals surface area contributed by atoms with Crippen LogP contribution < -0.4 is 10.2 Å². The first-order valence-corrected chi connectivity index (χ1v) is 11.2. The number of piperazine rings is 1. The minimum atomic E-state index is 0. The highest BCUT2D eigenvalue weighted by atomic mass is 79.9. The molecule has 1 atom stereocenters. The lowest BCUT2D eigenvalue weighted by Crippen LogP contribution is -2.53. The molecule has 1 aromatic heterocycles. The Morgan fingerprint density at radius 3 is 2.66 bits per heavy atom. The van der Waals surface area contributed by atoms with E-state index in [9.17, 15) is 0 Å². The number of nitrogens with one attached hydrogen (secondary N) is 1. The summed E-state index contributed by atoms with van der Waals surface area (Å²) in [5, 5.41) is 3.59. The quantitative estimate of drug-likeness (QED) is 0.483. The van der Waals surface area contributed by atoms with Gasteiger partial charge >= 0.3 is 0 Å². The van der Waals surface area contributed by atoms with Crippen LogP contribution in [0.15, 0.2) is 53.7 Å². The summed E-state index contributed by atoms with van der Waals surface area (Å²) >= 11 is 0. The first-order valence-electron chi connectivity index (χ1n) is 11.2. The summed E-state index contributed by atoms with van der Waals surface area (Å²) in [5.74, 6) is 2.02. The average molecular weight is 504 g/mol. The summed E-state index contributed by atoms with van der Waals surface area (Å²) in [5.41, 5.74) is 2.57. The van der Waals surface area contributed by atoms with Crippen LogP contribution >= 0.6 is 17.0 Å². The van der Waals surface area contributed by atoms with E-state index < -0.39 is 0 Å². The Labute approximate surface area is 201 Å². The van der Waals surface area contributed by atoms with Crippen LogP contribution in [0.2, 0.25) is 0 Å². The number of nitrogens with zero attached hydrogens (tertiary/aromatic N) is 4. The molecule has 0 saturated carbocycles. The zero-order chi connectivity index (χ0) is 21.3. The third kappa shape index (κ3) is 7.18. The molecule has 2 aliphatic heterocycles. The van der Waals surface area contributed by atoms with Crippen LogP contribution in [0.4, 0.5) is 5.82 Å². The van der Waals surface area contributed by atoms with Crippen LogP contribution in [-0.2, 0) is 15.9 Å².